The molecule has 0 bridgehead atoms. The number of nitrogens with one attached hydrogen (secondary N) is 1. The van der Waals surface area contributed by atoms with Crippen molar-refractivity contribution < 1.29 is 68.9 Å². The molecule has 0 aliphatic carbocycles. The number of hydrogen-bond donors (Lipinski definition) is 1. The van der Waals surface area contributed by atoms with Gasteiger partial charge in [-0.05, 0) is 24.3 Å². The first-order chi connectivity index (χ1) is 7.75. The second-order valence-electron chi connectivity index (χ2n) is 3.30. The summed E-state index contributed by atoms with van der Waals surface area (Å²) in [5.74, 6) is 0. The summed E-state index contributed by atoms with van der Waals surface area (Å²) in [6.07, 6.45) is 0. The van der Waals surface area contributed by atoms with Gasteiger partial charge >= 0.3 is 59.1 Å². The molecule has 0 heterocycles. The summed E-state index contributed by atoms with van der Waals surface area (Å²) in [5.41, 5.74) is 1.84. The largest absolute Gasteiger partial charge is 1.00 e. The minimum Gasteiger partial charge on any atom is -0.838 e. The van der Waals surface area contributed by atoms with E-state index in [-0.39, 0.29) is 59.1 Å². The van der Waals surface area contributed by atoms with E-state index in [0.29, 0.717) is 5.30 Å². The fourth-order valence-corrected chi connectivity index (χ4v) is 1.75. The Morgan fingerprint density at radius 1 is 0.722 bits per heavy atom. The molecule has 0 aliphatic rings. The number of anilines is 2. The van der Waals surface area contributed by atoms with E-state index in [9.17, 15) is 9.79 Å². The molecule has 3 nitrogen and oxygen atoms in total. The van der Waals surface area contributed by atoms with Crippen molar-refractivity contribution in [3.8, 4) is 0 Å². The van der Waals surface area contributed by atoms with Gasteiger partial charge < -0.3 is 15.1 Å². The summed E-state index contributed by atoms with van der Waals surface area (Å²) >= 11 is 0. The summed E-state index contributed by atoms with van der Waals surface area (Å²) in [6, 6.07) is 16.4. The molecule has 6 heteroatoms. The quantitative estimate of drug-likeness (QED) is 0.452. The van der Waals surface area contributed by atoms with Gasteiger partial charge in [0.15, 0.2) is 0 Å². The number of benzene rings is 2. The van der Waals surface area contributed by atoms with Crippen molar-refractivity contribution in [3.05, 3.63) is 54.6 Å². The van der Waals surface area contributed by atoms with E-state index >= 15 is 0 Å². The molecule has 82 valence electrons. The van der Waals surface area contributed by atoms with Gasteiger partial charge in [-0.1, -0.05) is 35.6 Å². The Morgan fingerprint density at radius 2 is 1.22 bits per heavy atom. The molecular formula is C12H10NNa2O2P. The van der Waals surface area contributed by atoms with Crippen molar-refractivity contribution >= 4 is 25.1 Å². The van der Waals surface area contributed by atoms with Crippen LogP contribution in [0.25, 0.3) is 0 Å². The Labute approximate surface area is 152 Å². The first-order valence-corrected chi connectivity index (χ1v) is 6.00. The van der Waals surface area contributed by atoms with Crippen LogP contribution in [0.5, 0.6) is 0 Å². The van der Waals surface area contributed by atoms with Gasteiger partial charge in [0.25, 0.3) is 0 Å². The second kappa shape index (κ2) is 9.49. The standard InChI is InChI=1S/C12H10NO2P.2Na/c14-16(15)12-8-6-11(7-9-12)13-10-4-2-1-3-5-10;;/h1-9,13H;;/q-2;2*+1. The van der Waals surface area contributed by atoms with Crippen LogP contribution in [0, 0.1) is 0 Å². The van der Waals surface area contributed by atoms with Crippen molar-refractivity contribution in [2.75, 3.05) is 5.32 Å². The smallest absolute Gasteiger partial charge is 0.838 e. The zero-order valence-electron chi connectivity index (χ0n) is 10.5. The maximum absolute atomic E-state index is 10.7. The third-order valence-electron chi connectivity index (χ3n) is 2.14. The third-order valence-corrected chi connectivity index (χ3v) is 2.86. The van der Waals surface area contributed by atoms with E-state index in [1.54, 1.807) is 24.3 Å². The monoisotopic (exact) mass is 277 g/mol. The van der Waals surface area contributed by atoms with E-state index in [4.69, 9.17) is 0 Å². The predicted octanol–water partition coefficient (Wildman–Crippen LogP) is -4.90. The fourth-order valence-electron chi connectivity index (χ4n) is 1.35. The van der Waals surface area contributed by atoms with Crippen LogP contribution in [0.3, 0.4) is 0 Å². The van der Waals surface area contributed by atoms with Crippen molar-refractivity contribution in [1.82, 2.24) is 0 Å². The first-order valence-electron chi connectivity index (χ1n) is 4.82. The van der Waals surface area contributed by atoms with Crippen LogP contribution in [-0.2, 0) is 0 Å². The van der Waals surface area contributed by atoms with Crippen molar-refractivity contribution in [3.63, 3.8) is 0 Å². The SMILES string of the molecule is [Na+].[Na+].[O-]P([O-])c1ccc(Nc2ccccc2)cc1. The van der Waals surface area contributed by atoms with Crippen molar-refractivity contribution in [2.45, 2.75) is 0 Å². The number of rotatable bonds is 3. The second-order valence-corrected chi connectivity index (χ2v) is 4.33. The van der Waals surface area contributed by atoms with Gasteiger partial charge in [0.2, 0.25) is 0 Å². The Kier molecular flexibility index (Phi) is 9.80. The molecule has 0 amide bonds. The molecular weight excluding hydrogens is 267 g/mol. The maximum Gasteiger partial charge on any atom is 1.00 e. The number of hydrogen-bond acceptors (Lipinski definition) is 3. The molecule has 2 rings (SSSR count). The molecule has 0 unspecified atom stereocenters. The minimum absolute atomic E-state index is 0. The molecule has 0 aliphatic heterocycles. The zero-order chi connectivity index (χ0) is 11.4. The molecule has 0 atom stereocenters. The molecule has 2 aromatic rings. The molecule has 2 aromatic carbocycles. The predicted molar refractivity (Wildman–Crippen MR) is 62.7 cm³/mol. The summed E-state index contributed by atoms with van der Waals surface area (Å²) in [6.45, 7) is 0. The van der Waals surface area contributed by atoms with Crippen molar-refractivity contribution in [1.29, 1.82) is 0 Å². The summed E-state index contributed by atoms with van der Waals surface area (Å²) in [7, 11) is -2.50. The molecule has 1 N–H and O–H groups in total. The third kappa shape index (κ3) is 5.70. The topological polar surface area (TPSA) is 58.1 Å². The zero-order valence-corrected chi connectivity index (χ0v) is 15.4. The van der Waals surface area contributed by atoms with E-state index in [1.807, 2.05) is 30.3 Å². The Morgan fingerprint density at radius 3 is 1.72 bits per heavy atom. The Balaban J connectivity index is 0.00000144. The molecule has 0 saturated heterocycles. The first kappa shape index (κ1) is 18.6. The van der Waals surface area contributed by atoms with Crippen LogP contribution in [0.4, 0.5) is 11.4 Å². The fraction of sp³-hybridized carbons (Fsp3) is 0. The normalized spacial score (nSPS) is 9.28. The van der Waals surface area contributed by atoms with Gasteiger partial charge in [-0.15, -0.1) is 0 Å². The average Bonchev–Trinajstić information content (AvgIpc) is 2.31. The maximum atomic E-state index is 10.7. The molecule has 0 spiro atoms. The molecule has 0 saturated carbocycles. The van der Waals surface area contributed by atoms with Gasteiger partial charge in [-0.2, -0.15) is 0 Å². The van der Waals surface area contributed by atoms with E-state index in [1.165, 1.54) is 0 Å². The number of para-hydroxylation sites is 1. The van der Waals surface area contributed by atoms with Gasteiger partial charge in [-0.3, -0.25) is 8.38 Å². The van der Waals surface area contributed by atoms with Gasteiger partial charge in [0.1, 0.15) is 0 Å². The molecule has 18 heavy (non-hydrogen) atoms. The summed E-state index contributed by atoms with van der Waals surface area (Å²) in [4.78, 5) is 21.4. The van der Waals surface area contributed by atoms with Gasteiger partial charge in [-0.25, -0.2) is 0 Å². The van der Waals surface area contributed by atoms with E-state index in [0.717, 1.165) is 11.4 Å². The molecule has 0 aromatic heterocycles. The van der Waals surface area contributed by atoms with Crippen LogP contribution < -0.4 is 79.5 Å². The van der Waals surface area contributed by atoms with Crippen LogP contribution in [0.1, 0.15) is 0 Å². The van der Waals surface area contributed by atoms with Gasteiger partial charge in [0, 0.05) is 11.4 Å². The summed E-state index contributed by atoms with van der Waals surface area (Å²) in [5, 5.41) is 3.50. The molecule has 0 fully saturated rings. The average molecular weight is 277 g/mol. The van der Waals surface area contributed by atoms with Crippen LogP contribution in [-0.4, -0.2) is 0 Å². The van der Waals surface area contributed by atoms with E-state index < -0.39 is 8.38 Å². The van der Waals surface area contributed by atoms with Crippen LogP contribution in [0.15, 0.2) is 54.6 Å². The van der Waals surface area contributed by atoms with Crippen LogP contribution in [0.2, 0.25) is 0 Å². The van der Waals surface area contributed by atoms with E-state index in [2.05, 4.69) is 5.32 Å². The molecule has 0 radical (unpaired) electrons. The van der Waals surface area contributed by atoms with Crippen molar-refractivity contribution in [2.24, 2.45) is 0 Å². The van der Waals surface area contributed by atoms with Crippen LogP contribution >= 0.6 is 8.38 Å². The Bertz CT molecular complexity index is 451. The van der Waals surface area contributed by atoms with Gasteiger partial charge in [0.05, 0.1) is 0 Å². The Hall–Kier alpha value is 0.590. The summed E-state index contributed by atoms with van der Waals surface area (Å²) < 4.78 is 0. The minimum atomic E-state index is -2.50.